The van der Waals surface area contributed by atoms with Crippen LogP contribution in [-0.4, -0.2) is 19.7 Å². The number of carbonyl (C=O) groups excluding carboxylic acids is 1. The van der Waals surface area contributed by atoms with E-state index in [-0.39, 0.29) is 12.4 Å². The smallest absolute Gasteiger partial charge is 0.316 e. The molecule has 0 N–H and O–H groups in total. The van der Waals surface area contributed by atoms with Gasteiger partial charge in [-0.3, -0.25) is 4.79 Å². The second-order valence-electron chi connectivity index (χ2n) is 4.37. The zero-order valence-corrected chi connectivity index (χ0v) is 12.1. The lowest BCUT2D eigenvalue weighted by molar-refractivity contribution is -0.143. The number of methoxy groups -OCH3 is 1. The largest absolute Gasteiger partial charge is 0.491 e. The number of benzene rings is 2. The van der Waals surface area contributed by atoms with E-state index in [4.69, 9.17) is 21.1 Å². The summed E-state index contributed by atoms with van der Waals surface area (Å²) in [6.45, 7) is 0.0576. The third-order valence-corrected chi connectivity index (χ3v) is 3.31. The van der Waals surface area contributed by atoms with Gasteiger partial charge < -0.3 is 9.47 Å². The van der Waals surface area contributed by atoms with Gasteiger partial charge in [0.25, 0.3) is 0 Å². The van der Waals surface area contributed by atoms with Crippen molar-refractivity contribution in [1.82, 2.24) is 0 Å². The average molecular weight is 309 g/mol. The Balaban J connectivity index is 2.16. The zero-order chi connectivity index (χ0) is 15.2. The second kappa shape index (κ2) is 7.09. The lowest BCUT2D eigenvalue weighted by atomic mass is 10.0. The minimum Gasteiger partial charge on any atom is -0.491 e. The molecule has 0 radical (unpaired) electrons. The van der Waals surface area contributed by atoms with Gasteiger partial charge in [0.1, 0.15) is 24.1 Å². The quantitative estimate of drug-likeness (QED) is 0.788. The minimum absolute atomic E-state index is 0.0576. The summed E-state index contributed by atoms with van der Waals surface area (Å²) in [5.74, 6) is -0.981. The van der Waals surface area contributed by atoms with E-state index >= 15 is 0 Å². The Morgan fingerprint density at radius 3 is 2.48 bits per heavy atom. The predicted octanol–water partition coefficient (Wildman–Crippen LogP) is 3.81. The van der Waals surface area contributed by atoms with Gasteiger partial charge in [0, 0.05) is 0 Å². The molecule has 0 aliphatic heterocycles. The van der Waals surface area contributed by atoms with Gasteiger partial charge in [-0.05, 0) is 29.8 Å². The summed E-state index contributed by atoms with van der Waals surface area (Å²) in [4.78, 5) is 11.9. The van der Waals surface area contributed by atoms with E-state index in [1.165, 1.54) is 31.4 Å². The SMILES string of the molecule is COC(=O)C(COc1ccccc1Cl)c1ccc(F)cc1. The molecule has 5 heteroatoms. The van der Waals surface area contributed by atoms with E-state index in [0.717, 1.165) is 0 Å². The molecule has 0 saturated heterocycles. The molecule has 2 aromatic carbocycles. The topological polar surface area (TPSA) is 35.5 Å². The van der Waals surface area contributed by atoms with Crippen LogP contribution < -0.4 is 4.74 Å². The Kier molecular flexibility index (Phi) is 5.17. The lowest BCUT2D eigenvalue weighted by Crippen LogP contribution is -2.21. The van der Waals surface area contributed by atoms with Gasteiger partial charge in [-0.2, -0.15) is 0 Å². The van der Waals surface area contributed by atoms with Crippen LogP contribution in [0.2, 0.25) is 5.02 Å². The summed E-state index contributed by atoms with van der Waals surface area (Å²) in [6.07, 6.45) is 0. The molecular formula is C16H14ClFO3. The number of carbonyl (C=O) groups is 1. The molecule has 1 unspecified atom stereocenters. The highest BCUT2D eigenvalue weighted by atomic mass is 35.5. The highest BCUT2D eigenvalue weighted by molar-refractivity contribution is 6.32. The molecule has 0 aromatic heterocycles. The normalized spacial score (nSPS) is 11.8. The molecule has 1 atom stereocenters. The fourth-order valence-corrected chi connectivity index (χ4v) is 2.06. The van der Waals surface area contributed by atoms with Crippen molar-refractivity contribution in [2.45, 2.75) is 5.92 Å². The van der Waals surface area contributed by atoms with Crippen LogP contribution in [0.15, 0.2) is 48.5 Å². The van der Waals surface area contributed by atoms with Gasteiger partial charge in [-0.25, -0.2) is 4.39 Å². The Bertz CT molecular complexity index is 613. The summed E-state index contributed by atoms with van der Waals surface area (Å²) < 4.78 is 23.3. The number of ether oxygens (including phenoxy) is 2. The molecule has 0 amide bonds. The van der Waals surface area contributed by atoms with Crippen LogP contribution in [-0.2, 0) is 9.53 Å². The maximum absolute atomic E-state index is 13.0. The van der Waals surface area contributed by atoms with Gasteiger partial charge in [0.15, 0.2) is 0 Å². The van der Waals surface area contributed by atoms with Crippen molar-refractivity contribution in [3.05, 3.63) is 64.9 Å². The maximum Gasteiger partial charge on any atom is 0.316 e. The molecule has 2 aromatic rings. The number of hydrogen-bond acceptors (Lipinski definition) is 3. The molecular weight excluding hydrogens is 295 g/mol. The Morgan fingerprint density at radius 1 is 1.19 bits per heavy atom. The van der Waals surface area contributed by atoms with Crippen LogP contribution in [0.25, 0.3) is 0 Å². The summed E-state index contributed by atoms with van der Waals surface area (Å²) in [5, 5.41) is 0.459. The Hall–Kier alpha value is -2.07. The average Bonchev–Trinajstić information content (AvgIpc) is 2.50. The molecule has 0 fully saturated rings. The summed E-state index contributed by atoms with van der Waals surface area (Å²) in [6, 6.07) is 12.6. The molecule has 0 saturated carbocycles. The van der Waals surface area contributed by atoms with Crippen LogP contribution in [0.1, 0.15) is 11.5 Å². The fourth-order valence-electron chi connectivity index (χ4n) is 1.87. The van der Waals surface area contributed by atoms with Crippen molar-refractivity contribution in [2.24, 2.45) is 0 Å². The summed E-state index contributed by atoms with van der Waals surface area (Å²) in [5.41, 5.74) is 0.621. The maximum atomic E-state index is 13.0. The molecule has 0 bridgehead atoms. The highest BCUT2D eigenvalue weighted by Crippen LogP contribution is 2.26. The third kappa shape index (κ3) is 3.95. The van der Waals surface area contributed by atoms with Gasteiger partial charge in [0.2, 0.25) is 0 Å². The Morgan fingerprint density at radius 2 is 1.86 bits per heavy atom. The highest BCUT2D eigenvalue weighted by Gasteiger charge is 2.22. The molecule has 0 spiro atoms. The van der Waals surface area contributed by atoms with Crippen LogP contribution in [0.3, 0.4) is 0 Å². The van der Waals surface area contributed by atoms with E-state index in [9.17, 15) is 9.18 Å². The van der Waals surface area contributed by atoms with Crippen molar-refractivity contribution in [1.29, 1.82) is 0 Å². The number of rotatable bonds is 5. The molecule has 0 aliphatic rings. The van der Waals surface area contributed by atoms with Crippen LogP contribution in [0, 0.1) is 5.82 Å². The van der Waals surface area contributed by atoms with Crippen molar-refractivity contribution in [3.8, 4) is 5.75 Å². The monoisotopic (exact) mass is 308 g/mol. The van der Waals surface area contributed by atoms with Gasteiger partial charge >= 0.3 is 5.97 Å². The minimum atomic E-state index is -0.646. The standard InChI is InChI=1S/C16H14ClFO3/c1-20-16(19)13(11-6-8-12(18)9-7-11)10-21-15-5-3-2-4-14(15)17/h2-9,13H,10H2,1H3. The Labute approximate surface area is 127 Å². The first kappa shape index (κ1) is 15.3. The van der Waals surface area contributed by atoms with E-state index in [1.807, 2.05) is 0 Å². The van der Waals surface area contributed by atoms with Crippen LogP contribution in [0.4, 0.5) is 4.39 Å². The molecule has 3 nitrogen and oxygen atoms in total. The second-order valence-corrected chi connectivity index (χ2v) is 4.78. The number of esters is 1. The molecule has 2 rings (SSSR count). The molecule has 0 heterocycles. The molecule has 110 valence electrons. The first-order valence-electron chi connectivity index (χ1n) is 6.32. The van der Waals surface area contributed by atoms with Crippen LogP contribution >= 0.6 is 11.6 Å². The van der Waals surface area contributed by atoms with Crippen molar-refractivity contribution in [2.75, 3.05) is 13.7 Å². The van der Waals surface area contributed by atoms with E-state index in [1.54, 1.807) is 24.3 Å². The predicted molar refractivity (Wildman–Crippen MR) is 78.1 cm³/mol. The fraction of sp³-hybridized carbons (Fsp3) is 0.188. The molecule has 21 heavy (non-hydrogen) atoms. The van der Waals surface area contributed by atoms with Crippen molar-refractivity contribution < 1.29 is 18.7 Å². The number of halogens is 2. The number of para-hydroxylation sites is 1. The van der Waals surface area contributed by atoms with E-state index < -0.39 is 11.9 Å². The van der Waals surface area contributed by atoms with E-state index in [2.05, 4.69) is 0 Å². The number of hydrogen-bond donors (Lipinski definition) is 0. The zero-order valence-electron chi connectivity index (χ0n) is 11.4. The van der Waals surface area contributed by atoms with Gasteiger partial charge in [-0.1, -0.05) is 35.9 Å². The first-order valence-corrected chi connectivity index (χ1v) is 6.70. The van der Waals surface area contributed by atoms with Gasteiger partial charge in [0.05, 0.1) is 12.1 Å². The van der Waals surface area contributed by atoms with E-state index in [0.29, 0.717) is 16.3 Å². The van der Waals surface area contributed by atoms with Crippen LogP contribution in [0.5, 0.6) is 5.75 Å². The summed E-state index contributed by atoms with van der Waals surface area (Å²) in [7, 11) is 1.30. The first-order chi connectivity index (χ1) is 10.1. The molecule has 0 aliphatic carbocycles. The van der Waals surface area contributed by atoms with Crippen molar-refractivity contribution >= 4 is 17.6 Å². The lowest BCUT2D eigenvalue weighted by Gasteiger charge is -2.16. The third-order valence-electron chi connectivity index (χ3n) is 3.00. The van der Waals surface area contributed by atoms with Crippen molar-refractivity contribution in [3.63, 3.8) is 0 Å². The summed E-state index contributed by atoms with van der Waals surface area (Å²) >= 11 is 6.00. The van der Waals surface area contributed by atoms with Gasteiger partial charge in [-0.15, -0.1) is 0 Å².